The molecule has 1 saturated carbocycles. The van der Waals surface area contributed by atoms with Crippen molar-refractivity contribution in [2.75, 3.05) is 0 Å². The Kier molecular flexibility index (Phi) is 13.7. The minimum absolute atomic E-state index is 0. The first kappa shape index (κ1) is 28.4. The van der Waals surface area contributed by atoms with Crippen LogP contribution in [0, 0.1) is 0 Å². The molecule has 0 aromatic heterocycles. The van der Waals surface area contributed by atoms with E-state index in [0.29, 0.717) is 0 Å². The number of hydrogen-bond acceptors (Lipinski definition) is 2. The van der Waals surface area contributed by atoms with Crippen LogP contribution in [0.1, 0.15) is 32.1 Å². The van der Waals surface area contributed by atoms with Crippen molar-refractivity contribution in [3.63, 3.8) is 0 Å². The molecule has 1 aliphatic rings. The van der Waals surface area contributed by atoms with Gasteiger partial charge in [-0.3, -0.25) is 0 Å². The van der Waals surface area contributed by atoms with Crippen molar-refractivity contribution in [3.8, 4) is 0 Å². The SMILES string of the molecule is O.O.OC1CCCCC1.O[Si](c1ccccc1)(c1ccccc1)c1ccccc1.[Ti]. The standard InChI is InChI=1S/C18H16OSi.C6H12O.2H2O.Ti/c19-20(16-10-4-1-5-11-16,17-12-6-2-7-13-17)18-14-8-3-9-15-18;7-6-4-2-1-3-5-6;;;/h1-15,19H;6-7H,1-5H2;2*1H2;. The fourth-order valence-corrected chi connectivity index (χ4v) is 6.64. The zero-order valence-electron chi connectivity index (χ0n) is 17.2. The summed E-state index contributed by atoms with van der Waals surface area (Å²) in [7, 11) is -2.88. The maximum Gasteiger partial charge on any atom is 0.285 e. The van der Waals surface area contributed by atoms with E-state index in [1.807, 2.05) is 91.0 Å². The molecular formula is C24H32O4SiTi. The summed E-state index contributed by atoms with van der Waals surface area (Å²) in [5, 5.41) is 11.9. The number of hydrogen-bond donors (Lipinski definition) is 2. The van der Waals surface area contributed by atoms with Crippen LogP contribution in [0.5, 0.6) is 0 Å². The molecule has 0 unspecified atom stereocenters. The van der Waals surface area contributed by atoms with E-state index in [2.05, 4.69) is 0 Å². The molecule has 3 aromatic carbocycles. The molecule has 0 heterocycles. The average molecular weight is 460 g/mol. The molecule has 0 radical (unpaired) electrons. The van der Waals surface area contributed by atoms with Crippen molar-refractivity contribution in [2.24, 2.45) is 0 Å². The smallest absolute Gasteiger partial charge is 0.285 e. The third-order valence-electron chi connectivity index (χ3n) is 5.15. The third-order valence-corrected chi connectivity index (χ3v) is 8.66. The summed E-state index contributed by atoms with van der Waals surface area (Å²) in [6.45, 7) is 0. The Balaban J connectivity index is 0.000000726. The third kappa shape index (κ3) is 7.29. The van der Waals surface area contributed by atoms with Crippen molar-refractivity contribution >= 4 is 23.9 Å². The van der Waals surface area contributed by atoms with Gasteiger partial charge in [0.25, 0.3) is 8.32 Å². The normalized spacial score (nSPS) is 13.4. The molecule has 6 heteroatoms. The Labute approximate surface area is 195 Å². The van der Waals surface area contributed by atoms with E-state index in [1.54, 1.807) is 0 Å². The van der Waals surface area contributed by atoms with Crippen LogP contribution in [0.25, 0.3) is 0 Å². The fourth-order valence-electron chi connectivity index (χ4n) is 3.62. The van der Waals surface area contributed by atoms with E-state index in [9.17, 15) is 4.80 Å². The van der Waals surface area contributed by atoms with Gasteiger partial charge in [0.2, 0.25) is 0 Å². The first-order chi connectivity index (χ1) is 13.2. The van der Waals surface area contributed by atoms with Gasteiger partial charge in [0.1, 0.15) is 0 Å². The van der Waals surface area contributed by atoms with E-state index in [1.165, 1.54) is 19.3 Å². The summed E-state index contributed by atoms with van der Waals surface area (Å²) in [5.41, 5.74) is 0. The van der Waals surface area contributed by atoms with Crippen LogP contribution in [0.2, 0.25) is 0 Å². The number of aliphatic hydroxyl groups excluding tert-OH is 1. The Morgan fingerprint density at radius 2 is 0.867 bits per heavy atom. The first-order valence-electron chi connectivity index (χ1n) is 9.78. The quantitative estimate of drug-likeness (QED) is 0.455. The van der Waals surface area contributed by atoms with Gasteiger partial charge in [-0.25, -0.2) is 0 Å². The van der Waals surface area contributed by atoms with E-state index in [4.69, 9.17) is 5.11 Å². The van der Waals surface area contributed by atoms with Gasteiger partial charge in [-0.1, -0.05) is 110 Å². The molecule has 4 nitrogen and oxygen atoms in total. The number of benzene rings is 3. The molecule has 0 saturated heterocycles. The van der Waals surface area contributed by atoms with Gasteiger partial charge in [-0.15, -0.1) is 0 Å². The molecule has 0 aliphatic heterocycles. The Hall–Kier alpha value is -1.57. The van der Waals surface area contributed by atoms with Crippen molar-refractivity contribution in [1.82, 2.24) is 0 Å². The number of aliphatic hydroxyl groups is 1. The molecule has 0 bridgehead atoms. The van der Waals surface area contributed by atoms with Crippen LogP contribution in [0.3, 0.4) is 0 Å². The molecule has 1 fully saturated rings. The monoisotopic (exact) mass is 460 g/mol. The van der Waals surface area contributed by atoms with Gasteiger partial charge >= 0.3 is 0 Å². The van der Waals surface area contributed by atoms with E-state index in [0.717, 1.165) is 28.4 Å². The molecule has 1 aliphatic carbocycles. The largest absolute Gasteiger partial charge is 0.421 e. The summed E-state index contributed by atoms with van der Waals surface area (Å²) in [4.78, 5) is 11.6. The van der Waals surface area contributed by atoms with Gasteiger partial charge in [0, 0.05) is 21.7 Å². The molecule has 30 heavy (non-hydrogen) atoms. The summed E-state index contributed by atoms with van der Waals surface area (Å²) >= 11 is 0. The van der Waals surface area contributed by atoms with E-state index in [-0.39, 0.29) is 38.8 Å². The Morgan fingerprint density at radius 1 is 0.567 bits per heavy atom. The predicted octanol–water partition coefficient (Wildman–Crippen LogP) is 1.31. The topological polar surface area (TPSA) is 103 Å². The van der Waals surface area contributed by atoms with Crippen LogP contribution in [0.15, 0.2) is 91.0 Å². The van der Waals surface area contributed by atoms with E-state index >= 15 is 0 Å². The summed E-state index contributed by atoms with van der Waals surface area (Å²) in [6.07, 6.45) is 5.92. The van der Waals surface area contributed by atoms with Crippen molar-refractivity contribution < 1.29 is 42.6 Å². The molecular weight excluding hydrogens is 428 g/mol. The first-order valence-corrected chi connectivity index (χ1v) is 11.7. The molecule has 0 spiro atoms. The van der Waals surface area contributed by atoms with Gasteiger partial charge in [-0.05, 0) is 28.4 Å². The zero-order valence-corrected chi connectivity index (χ0v) is 19.7. The van der Waals surface area contributed by atoms with Gasteiger partial charge < -0.3 is 20.9 Å². The molecule has 0 atom stereocenters. The summed E-state index contributed by atoms with van der Waals surface area (Å²) in [5.74, 6) is 0. The molecule has 3 aromatic rings. The Morgan fingerprint density at radius 3 is 1.10 bits per heavy atom. The maximum absolute atomic E-state index is 11.6. The van der Waals surface area contributed by atoms with Crippen molar-refractivity contribution in [3.05, 3.63) is 91.0 Å². The minimum atomic E-state index is -2.88. The predicted molar refractivity (Wildman–Crippen MR) is 123 cm³/mol. The molecule has 6 N–H and O–H groups in total. The van der Waals surface area contributed by atoms with Gasteiger partial charge in [-0.2, -0.15) is 0 Å². The van der Waals surface area contributed by atoms with Crippen LogP contribution in [-0.4, -0.2) is 35.3 Å². The molecule has 0 amide bonds. The second-order valence-electron chi connectivity index (χ2n) is 7.10. The minimum Gasteiger partial charge on any atom is -0.421 e. The van der Waals surface area contributed by atoms with E-state index < -0.39 is 8.32 Å². The second-order valence-corrected chi connectivity index (χ2v) is 10.3. The summed E-state index contributed by atoms with van der Waals surface area (Å²) < 4.78 is 0. The zero-order chi connectivity index (χ0) is 19.0. The van der Waals surface area contributed by atoms with Crippen LogP contribution >= 0.6 is 0 Å². The molecule has 160 valence electrons. The van der Waals surface area contributed by atoms with Gasteiger partial charge in [0.05, 0.1) is 6.10 Å². The molecule has 4 rings (SSSR count). The van der Waals surface area contributed by atoms with Crippen LogP contribution < -0.4 is 15.6 Å². The average Bonchev–Trinajstić information content (AvgIpc) is 2.76. The maximum atomic E-state index is 11.6. The second kappa shape index (κ2) is 14.4. The number of rotatable bonds is 3. The van der Waals surface area contributed by atoms with Crippen LogP contribution in [-0.2, 0) is 21.7 Å². The van der Waals surface area contributed by atoms with Crippen molar-refractivity contribution in [1.29, 1.82) is 0 Å². The Bertz CT molecular complexity index is 701. The van der Waals surface area contributed by atoms with Gasteiger partial charge in [0.15, 0.2) is 0 Å². The fraction of sp³-hybridized carbons (Fsp3) is 0.250. The van der Waals surface area contributed by atoms with Crippen LogP contribution in [0.4, 0.5) is 0 Å². The van der Waals surface area contributed by atoms with Crippen molar-refractivity contribution in [2.45, 2.75) is 38.2 Å². The summed E-state index contributed by atoms with van der Waals surface area (Å²) in [6, 6.07) is 30.0.